The first-order valence-electron chi connectivity index (χ1n) is 6.91. The largest absolute Gasteiger partial charge is 0.493 e. The van der Waals surface area contributed by atoms with Crippen molar-refractivity contribution < 1.29 is 14.3 Å². The number of rotatable bonds is 5. The van der Waals surface area contributed by atoms with Crippen LogP contribution in [0.1, 0.15) is 28.4 Å². The molecule has 0 amide bonds. The van der Waals surface area contributed by atoms with E-state index in [-0.39, 0.29) is 5.78 Å². The Morgan fingerprint density at radius 2 is 1.82 bits per heavy atom. The first kappa shape index (κ1) is 15.6. The molecule has 0 aliphatic carbocycles. The minimum absolute atomic E-state index is 0.105. The van der Waals surface area contributed by atoms with E-state index in [2.05, 4.69) is 0 Å². The molecule has 0 heterocycles. The number of aryl methyl sites for hydroxylation is 1. The first-order valence-corrected chi connectivity index (χ1v) is 6.91. The summed E-state index contributed by atoms with van der Waals surface area (Å²) in [6, 6.07) is 14.2. The Hall–Kier alpha value is -2.80. The summed E-state index contributed by atoms with van der Waals surface area (Å²) in [6.07, 6.45) is -0.649. The van der Waals surface area contributed by atoms with Gasteiger partial charge in [0.25, 0.3) is 0 Å². The maximum atomic E-state index is 12.4. The number of benzene rings is 2. The number of nitriles is 1. The van der Waals surface area contributed by atoms with Gasteiger partial charge in [-0.1, -0.05) is 29.8 Å². The summed E-state index contributed by atoms with van der Waals surface area (Å²) in [7, 11) is 1.50. The molecule has 2 aromatic rings. The number of hydrogen-bond acceptors (Lipinski definition) is 4. The zero-order valence-electron chi connectivity index (χ0n) is 12.8. The molecule has 2 rings (SSSR count). The maximum absolute atomic E-state index is 12.4. The highest BCUT2D eigenvalue weighted by atomic mass is 16.5. The third-order valence-corrected chi connectivity index (χ3v) is 3.30. The third-order valence-electron chi connectivity index (χ3n) is 3.30. The summed E-state index contributed by atoms with van der Waals surface area (Å²) in [6.45, 7) is 3.66. The highest BCUT2D eigenvalue weighted by Crippen LogP contribution is 2.29. The molecular formula is C18H17NO3. The Morgan fingerprint density at radius 3 is 2.41 bits per heavy atom. The number of ether oxygens (including phenoxy) is 2. The van der Waals surface area contributed by atoms with Crippen LogP contribution in [0, 0.1) is 18.3 Å². The number of carbonyl (C=O) groups is 1. The lowest BCUT2D eigenvalue weighted by atomic mass is 10.1. The van der Waals surface area contributed by atoms with E-state index in [1.165, 1.54) is 7.11 Å². The number of methoxy groups -OCH3 is 1. The quantitative estimate of drug-likeness (QED) is 0.792. The second-order valence-electron chi connectivity index (χ2n) is 4.97. The molecule has 0 radical (unpaired) electrons. The Balaban J connectivity index is 2.18. The Bertz CT molecular complexity index is 714. The zero-order chi connectivity index (χ0) is 16.1. The maximum Gasteiger partial charge on any atom is 0.202 e. The zero-order valence-corrected chi connectivity index (χ0v) is 12.8. The summed E-state index contributed by atoms with van der Waals surface area (Å²) >= 11 is 0. The molecule has 2 aromatic carbocycles. The fraction of sp³-hybridized carbons (Fsp3) is 0.222. The van der Waals surface area contributed by atoms with Crippen molar-refractivity contribution >= 4 is 5.78 Å². The Kier molecular flexibility index (Phi) is 4.80. The number of Topliss-reactive ketones (excluding diaryl/α,β-unsaturated/α-hetero) is 1. The summed E-state index contributed by atoms with van der Waals surface area (Å²) < 4.78 is 10.9. The smallest absolute Gasteiger partial charge is 0.202 e. The fourth-order valence-electron chi connectivity index (χ4n) is 2.03. The molecule has 4 nitrogen and oxygen atoms in total. The van der Waals surface area contributed by atoms with E-state index in [4.69, 9.17) is 14.7 Å². The molecule has 0 saturated heterocycles. The minimum Gasteiger partial charge on any atom is -0.493 e. The number of hydrogen-bond donors (Lipinski definition) is 0. The van der Waals surface area contributed by atoms with Gasteiger partial charge >= 0.3 is 0 Å². The van der Waals surface area contributed by atoms with Crippen LogP contribution in [-0.4, -0.2) is 19.0 Å². The van der Waals surface area contributed by atoms with Crippen LogP contribution in [0.4, 0.5) is 0 Å². The van der Waals surface area contributed by atoms with Crippen molar-refractivity contribution in [2.45, 2.75) is 20.0 Å². The molecule has 0 N–H and O–H groups in total. The molecule has 0 fully saturated rings. The van der Waals surface area contributed by atoms with Crippen molar-refractivity contribution in [1.29, 1.82) is 5.26 Å². The van der Waals surface area contributed by atoms with E-state index in [1.54, 1.807) is 37.3 Å². The number of nitrogens with zero attached hydrogens (tertiary/aromatic N) is 1. The van der Waals surface area contributed by atoms with Crippen LogP contribution in [0.15, 0.2) is 42.5 Å². The van der Waals surface area contributed by atoms with Gasteiger partial charge in [-0.15, -0.1) is 0 Å². The van der Waals surface area contributed by atoms with E-state index in [1.807, 2.05) is 25.1 Å². The highest BCUT2D eigenvalue weighted by molar-refractivity contribution is 5.99. The van der Waals surface area contributed by atoms with Crippen molar-refractivity contribution in [1.82, 2.24) is 0 Å². The minimum atomic E-state index is -0.649. The van der Waals surface area contributed by atoms with Gasteiger partial charge in [0.15, 0.2) is 17.6 Å². The van der Waals surface area contributed by atoms with E-state index in [9.17, 15) is 4.79 Å². The van der Waals surface area contributed by atoms with Gasteiger partial charge in [-0.2, -0.15) is 5.26 Å². The van der Waals surface area contributed by atoms with Crippen LogP contribution in [0.3, 0.4) is 0 Å². The van der Waals surface area contributed by atoms with Crippen molar-refractivity contribution in [2.75, 3.05) is 7.11 Å². The topological polar surface area (TPSA) is 59.3 Å². The van der Waals surface area contributed by atoms with E-state index >= 15 is 0 Å². The second kappa shape index (κ2) is 6.77. The average molecular weight is 295 g/mol. The standard InChI is InChI=1S/C18H17NO3/c1-12-4-7-15(8-5-12)18(20)13(2)22-16-9-6-14(11-19)10-17(16)21-3/h4-10,13H,1-3H3. The molecule has 4 heteroatoms. The van der Waals surface area contributed by atoms with Crippen molar-refractivity contribution in [3.05, 3.63) is 59.2 Å². The number of carbonyl (C=O) groups excluding carboxylic acids is 1. The van der Waals surface area contributed by atoms with Crippen LogP contribution < -0.4 is 9.47 Å². The highest BCUT2D eigenvalue weighted by Gasteiger charge is 2.18. The fourth-order valence-corrected chi connectivity index (χ4v) is 2.03. The van der Waals surface area contributed by atoms with Crippen LogP contribution in [0.5, 0.6) is 11.5 Å². The molecule has 1 unspecified atom stereocenters. The lowest BCUT2D eigenvalue weighted by molar-refractivity contribution is 0.0814. The molecule has 0 saturated carbocycles. The molecule has 0 bridgehead atoms. The van der Waals surface area contributed by atoms with E-state index in [0.29, 0.717) is 22.6 Å². The normalized spacial score (nSPS) is 11.4. The average Bonchev–Trinajstić information content (AvgIpc) is 2.55. The molecule has 112 valence electrons. The molecule has 0 aromatic heterocycles. The van der Waals surface area contributed by atoms with E-state index < -0.39 is 6.10 Å². The lowest BCUT2D eigenvalue weighted by Gasteiger charge is -2.16. The summed E-state index contributed by atoms with van der Waals surface area (Å²) in [5.74, 6) is 0.767. The molecular weight excluding hydrogens is 278 g/mol. The van der Waals surface area contributed by atoms with Gasteiger partial charge in [-0.25, -0.2) is 0 Å². The summed E-state index contributed by atoms with van der Waals surface area (Å²) in [4.78, 5) is 12.4. The molecule has 1 atom stereocenters. The van der Waals surface area contributed by atoms with Crippen LogP contribution in [-0.2, 0) is 0 Å². The predicted octanol–water partition coefficient (Wildman–Crippen LogP) is 3.53. The van der Waals surface area contributed by atoms with Gasteiger partial charge < -0.3 is 9.47 Å². The van der Waals surface area contributed by atoms with Gasteiger partial charge in [0.1, 0.15) is 0 Å². The second-order valence-corrected chi connectivity index (χ2v) is 4.97. The van der Waals surface area contributed by atoms with Crippen molar-refractivity contribution in [2.24, 2.45) is 0 Å². The Labute approximate surface area is 129 Å². The number of ketones is 1. The van der Waals surface area contributed by atoms with Gasteiger partial charge in [-0.05, 0) is 26.0 Å². The SMILES string of the molecule is COc1cc(C#N)ccc1OC(C)C(=O)c1ccc(C)cc1. The van der Waals surface area contributed by atoms with Crippen molar-refractivity contribution in [3.63, 3.8) is 0 Å². The molecule has 0 aliphatic heterocycles. The third kappa shape index (κ3) is 3.44. The van der Waals surface area contributed by atoms with Gasteiger partial charge in [-0.3, -0.25) is 4.79 Å². The van der Waals surface area contributed by atoms with Crippen LogP contribution in [0.25, 0.3) is 0 Å². The van der Waals surface area contributed by atoms with E-state index in [0.717, 1.165) is 5.56 Å². The summed E-state index contributed by atoms with van der Waals surface area (Å²) in [5.41, 5.74) is 2.17. The molecule has 22 heavy (non-hydrogen) atoms. The predicted molar refractivity (Wildman–Crippen MR) is 83.3 cm³/mol. The first-order chi connectivity index (χ1) is 10.5. The van der Waals surface area contributed by atoms with Crippen molar-refractivity contribution in [3.8, 4) is 17.6 Å². The van der Waals surface area contributed by atoms with Gasteiger partial charge in [0, 0.05) is 11.6 Å². The monoisotopic (exact) mass is 295 g/mol. The lowest BCUT2D eigenvalue weighted by Crippen LogP contribution is -2.24. The van der Waals surface area contributed by atoms with Crippen LogP contribution >= 0.6 is 0 Å². The molecule has 0 spiro atoms. The van der Waals surface area contributed by atoms with Crippen LogP contribution in [0.2, 0.25) is 0 Å². The van der Waals surface area contributed by atoms with Gasteiger partial charge in [0.05, 0.1) is 18.7 Å². The van der Waals surface area contributed by atoms with Gasteiger partial charge in [0.2, 0.25) is 5.78 Å². The summed E-state index contributed by atoms with van der Waals surface area (Å²) in [5, 5.41) is 8.89. The Morgan fingerprint density at radius 1 is 1.14 bits per heavy atom. The molecule has 0 aliphatic rings.